The van der Waals surface area contributed by atoms with Gasteiger partial charge in [-0.15, -0.1) is 11.3 Å². The lowest BCUT2D eigenvalue weighted by molar-refractivity contribution is 0.624. The van der Waals surface area contributed by atoms with Crippen molar-refractivity contribution in [1.29, 1.82) is 0 Å². The Balaban J connectivity index is 1.74. The minimum absolute atomic E-state index is 0.166. The molecule has 2 nitrogen and oxygen atoms in total. The van der Waals surface area contributed by atoms with Gasteiger partial charge in [-0.1, -0.05) is 42.5 Å². The summed E-state index contributed by atoms with van der Waals surface area (Å²) in [6, 6.07) is 16.2. The molecule has 106 valence electrons. The van der Waals surface area contributed by atoms with Gasteiger partial charge in [0.05, 0.1) is 10.7 Å². The summed E-state index contributed by atoms with van der Waals surface area (Å²) < 4.78 is 12.9. The van der Waals surface area contributed by atoms with E-state index in [2.05, 4.69) is 4.98 Å². The summed E-state index contributed by atoms with van der Waals surface area (Å²) in [6.07, 6.45) is 0.656. The quantitative estimate of drug-likeness (QED) is 0.784. The molecule has 0 aliphatic rings. The predicted octanol–water partition coefficient (Wildman–Crippen LogP) is 4.19. The molecule has 2 N–H and O–H groups in total. The smallest absolute Gasteiger partial charge is 0.123 e. The predicted molar refractivity (Wildman–Crippen MR) is 84.6 cm³/mol. The molecule has 2 aromatic carbocycles. The van der Waals surface area contributed by atoms with Gasteiger partial charge in [0.2, 0.25) is 0 Å². The van der Waals surface area contributed by atoms with Crippen LogP contribution in [0.5, 0.6) is 0 Å². The first-order valence-corrected chi connectivity index (χ1v) is 7.61. The number of halogens is 1. The van der Waals surface area contributed by atoms with E-state index in [1.54, 1.807) is 23.5 Å². The second-order valence-electron chi connectivity index (χ2n) is 4.85. The number of thiazole rings is 1. The third-order valence-corrected chi connectivity index (χ3v) is 4.19. The zero-order valence-corrected chi connectivity index (χ0v) is 12.2. The van der Waals surface area contributed by atoms with Gasteiger partial charge in [-0.2, -0.15) is 0 Å². The molecule has 0 amide bonds. The fraction of sp³-hybridized carbons (Fsp3) is 0.118. The Morgan fingerprint density at radius 2 is 1.76 bits per heavy atom. The van der Waals surface area contributed by atoms with Crippen molar-refractivity contribution < 1.29 is 4.39 Å². The second-order valence-corrected chi connectivity index (χ2v) is 5.80. The molecule has 0 spiro atoms. The summed E-state index contributed by atoms with van der Waals surface area (Å²) >= 11 is 1.61. The third kappa shape index (κ3) is 3.35. The Hall–Kier alpha value is -2.04. The first-order valence-electron chi connectivity index (χ1n) is 6.73. The van der Waals surface area contributed by atoms with E-state index in [1.165, 1.54) is 12.1 Å². The van der Waals surface area contributed by atoms with Crippen molar-refractivity contribution in [3.63, 3.8) is 0 Å². The van der Waals surface area contributed by atoms with Crippen molar-refractivity contribution in [3.05, 3.63) is 76.4 Å². The zero-order chi connectivity index (χ0) is 14.7. The topological polar surface area (TPSA) is 38.9 Å². The summed E-state index contributed by atoms with van der Waals surface area (Å²) in [5.41, 5.74) is 9.17. The maximum atomic E-state index is 12.9. The number of benzene rings is 2. The lowest BCUT2D eigenvalue weighted by atomic mass is 10.1. The standard InChI is InChI=1S/C17H15FN2S/c18-14-8-6-12(7-9-14)15(19)10-17-20-16(11-21-17)13-4-2-1-3-5-13/h1-9,11,15H,10,19H2. The molecule has 4 heteroatoms. The highest BCUT2D eigenvalue weighted by atomic mass is 32.1. The molecule has 3 aromatic rings. The number of aromatic nitrogens is 1. The van der Waals surface area contributed by atoms with E-state index in [1.807, 2.05) is 35.7 Å². The minimum atomic E-state index is -0.244. The van der Waals surface area contributed by atoms with Crippen molar-refractivity contribution in [2.75, 3.05) is 0 Å². The lowest BCUT2D eigenvalue weighted by Gasteiger charge is -2.09. The van der Waals surface area contributed by atoms with Crippen LogP contribution in [0.15, 0.2) is 60.0 Å². The minimum Gasteiger partial charge on any atom is -0.324 e. The van der Waals surface area contributed by atoms with Crippen LogP contribution in [0.4, 0.5) is 4.39 Å². The van der Waals surface area contributed by atoms with E-state index in [0.29, 0.717) is 6.42 Å². The average molecular weight is 298 g/mol. The van der Waals surface area contributed by atoms with Crippen molar-refractivity contribution in [2.45, 2.75) is 12.5 Å². The van der Waals surface area contributed by atoms with E-state index in [0.717, 1.165) is 21.8 Å². The van der Waals surface area contributed by atoms with E-state index in [9.17, 15) is 4.39 Å². The lowest BCUT2D eigenvalue weighted by Crippen LogP contribution is -2.13. The molecule has 1 heterocycles. The molecule has 0 radical (unpaired) electrons. The summed E-state index contributed by atoms with van der Waals surface area (Å²) in [4.78, 5) is 4.63. The molecule has 0 saturated heterocycles. The van der Waals surface area contributed by atoms with Crippen LogP contribution >= 0.6 is 11.3 Å². The monoisotopic (exact) mass is 298 g/mol. The van der Waals surface area contributed by atoms with Gasteiger partial charge in [0.15, 0.2) is 0 Å². The molecular formula is C17H15FN2S. The number of rotatable bonds is 4. The van der Waals surface area contributed by atoms with Crippen molar-refractivity contribution in [2.24, 2.45) is 5.73 Å². The van der Waals surface area contributed by atoms with Crippen LogP contribution in [-0.4, -0.2) is 4.98 Å². The molecule has 0 fully saturated rings. The van der Waals surface area contributed by atoms with Gasteiger partial charge in [0.25, 0.3) is 0 Å². The molecule has 3 rings (SSSR count). The number of hydrogen-bond acceptors (Lipinski definition) is 3. The van der Waals surface area contributed by atoms with Crippen LogP contribution in [0.2, 0.25) is 0 Å². The largest absolute Gasteiger partial charge is 0.324 e. The van der Waals surface area contributed by atoms with Crippen LogP contribution in [-0.2, 0) is 6.42 Å². The van der Waals surface area contributed by atoms with Crippen LogP contribution < -0.4 is 5.73 Å². The zero-order valence-electron chi connectivity index (χ0n) is 11.4. The Morgan fingerprint density at radius 1 is 1.05 bits per heavy atom. The van der Waals surface area contributed by atoms with Gasteiger partial charge >= 0.3 is 0 Å². The van der Waals surface area contributed by atoms with Crippen molar-refractivity contribution >= 4 is 11.3 Å². The Bertz CT molecular complexity index is 707. The fourth-order valence-electron chi connectivity index (χ4n) is 2.16. The van der Waals surface area contributed by atoms with Crippen molar-refractivity contribution in [1.82, 2.24) is 4.98 Å². The highest BCUT2D eigenvalue weighted by Gasteiger charge is 2.11. The molecule has 0 aliphatic carbocycles. The Morgan fingerprint density at radius 3 is 2.48 bits per heavy atom. The van der Waals surface area contributed by atoms with Gasteiger partial charge in [0.1, 0.15) is 5.82 Å². The second kappa shape index (κ2) is 6.16. The summed E-state index contributed by atoms with van der Waals surface area (Å²) in [5.74, 6) is -0.244. The average Bonchev–Trinajstić information content (AvgIpc) is 2.97. The molecule has 0 bridgehead atoms. The fourth-order valence-corrected chi connectivity index (χ4v) is 3.03. The van der Waals surface area contributed by atoms with E-state index < -0.39 is 0 Å². The highest BCUT2D eigenvalue weighted by molar-refractivity contribution is 7.09. The summed E-state index contributed by atoms with van der Waals surface area (Å²) in [6.45, 7) is 0. The van der Waals surface area contributed by atoms with Crippen molar-refractivity contribution in [3.8, 4) is 11.3 Å². The molecule has 1 unspecified atom stereocenters. The third-order valence-electron chi connectivity index (χ3n) is 3.31. The molecular weight excluding hydrogens is 283 g/mol. The van der Waals surface area contributed by atoms with Crippen LogP contribution in [0.25, 0.3) is 11.3 Å². The van der Waals surface area contributed by atoms with E-state index >= 15 is 0 Å². The molecule has 1 aromatic heterocycles. The van der Waals surface area contributed by atoms with Crippen LogP contribution in [0.1, 0.15) is 16.6 Å². The van der Waals surface area contributed by atoms with Crippen LogP contribution in [0, 0.1) is 5.82 Å². The number of nitrogens with two attached hydrogens (primary N) is 1. The first kappa shape index (κ1) is 13.9. The highest BCUT2D eigenvalue weighted by Crippen LogP contribution is 2.24. The van der Waals surface area contributed by atoms with Gasteiger partial charge in [-0.25, -0.2) is 9.37 Å². The summed E-state index contributed by atoms with van der Waals surface area (Å²) in [5, 5.41) is 3.04. The molecule has 0 saturated carbocycles. The molecule has 1 atom stereocenters. The van der Waals surface area contributed by atoms with Gasteiger partial charge in [-0.3, -0.25) is 0 Å². The van der Waals surface area contributed by atoms with E-state index in [-0.39, 0.29) is 11.9 Å². The SMILES string of the molecule is NC(Cc1nc(-c2ccccc2)cs1)c1ccc(F)cc1. The summed E-state index contributed by atoms with van der Waals surface area (Å²) in [7, 11) is 0. The maximum absolute atomic E-state index is 12.9. The van der Waals surface area contributed by atoms with E-state index in [4.69, 9.17) is 5.73 Å². The van der Waals surface area contributed by atoms with Crippen LogP contribution in [0.3, 0.4) is 0 Å². The normalized spacial score (nSPS) is 12.3. The van der Waals surface area contributed by atoms with Gasteiger partial charge in [0, 0.05) is 23.4 Å². The first-order chi connectivity index (χ1) is 10.2. The Labute approximate surface area is 127 Å². The number of nitrogens with zero attached hydrogens (tertiary/aromatic N) is 1. The number of hydrogen-bond donors (Lipinski definition) is 1. The molecule has 21 heavy (non-hydrogen) atoms. The van der Waals surface area contributed by atoms with Gasteiger partial charge in [-0.05, 0) is 17.7 Å². The molecule has 0 aliphatic heterocycles. The Kier molecular flexibility index (Phi) is 4.08. The maximum Gasteiger partial charge on any atom is 0.123 e. The van der Waals surface area contributed by atoms with Gasteiger partial charge < -0.3 is 5.73 Å².